The quantitative estimate of drug-likeness (QED) is 0.443. The van der Waals surface area contributed by atoms with Crippen LogP contribution in [0.1, 0.15) is 57.6 Å². The minimum absolute atomic E-state index is 0.145. The highest BCUT2D eigenvalue weighted by molar-refractivity contribution is 5.68. The number of carbonyl (C=O) groups excluding carboxylic acids is 1. The van der Waals surface area contributed by atoms with Crippen LogP contribution in [0.15, 0.2) is 54.6 Å². The number of rotatable bonds is 11. The van der Waals surface area contributed by atoms with E-state index in [1.165, 1.54) is 0 Å². The molecule has 1 fully saturated rings. The maximum atomic E-state index is 12.6. The number of aliphatic hydroxyl groups is 1. The van der Waals surface area contributed by atoms with Crippen molar-refractivity contribution < 1.29 is 24.2 Å². The Morgan fingerprint density at radius 2 is 1.71 bits per heavy atom. The van der Waals surface area contributed by atoms with Gasteiger partial charge in [-0.2, -0.15) is 5.06 Å². The molecule has 35 heavy (non-hydrogen) atoms. The molecule has 2 aromatic rings. The van der Waals surface area contributed by atoms with Gasteiger partial charge >= 0.3 is 6.09 Å². The summed E-state index contributed by atoms with van der Waals surface area (Å²) in [5.41, 5.74) is 1.44. The van der Waals surface area contributed by atoms with Crippen LogP contribution in [0.25, 0.3) is 0 Å². The van der Waals surface area contributed by atoms with Crippen LogP contribution in [0, 0.1) is 0 Å². The van der Waals surface area contributed by atoms with Gasteiger partial charge in [-0.3, -0.25) is 4.84 Å². The summed E-state index contributed by atoms with van der Waals surface area (Å²) < 4.78 is 10.7. The van der Waals surface area contributed by atoms with Gasteiger partial charge in [-0.25, -0.2) is 4.79 Å². The fraction of sp³-hybridized carbons (Fsp3) is 0.536. The van der Waals surface area contributed by atoms with Crippen LogP contribution in [0.4, 0.5) is 4.79 Å². The number of nitrogens with zero attached hydrogens (tertiary/aromatic N) is 1. The van der Waals surface area contributed by atoms with Crippen molar-refractivity contribution in [1.82, 2.24) is 10.4 Å². The van der Waals surface area contributed by atoms with Crippen LogP contribution >= 0.6 is 0 Å². The summed E-state index contributed by atoms with van der Waals surface area (Å²) >= 11 is 0. The van der Waals surface area contributed by atoms with Crippen LogP contribution in [-0.2, 0) is 22.5 Å². The molecule has 1 aliphatic carbocycles. The van der Waals surface area contributed by atoms with Gasteiger partial charge < -0.3 is 19.9 Å². The number of hydroxylamine groups is 2. The van der Waals surface area contributed by atoms with Crippen LogP contribution in [0.3, 0.4) is 0 Å². The van der Waals surface area contributed by atoms with E-state index in [1.807, 2.05) is 80.4 Å². The normalized spacial score (nSPS) is 16.2. The first kappa shape index (κ1) is 27.0. The van der Waals surface area contributed by atoms with E-state index < -0.39 is 23.8 Å². The first-order valence-corrected chi connectivity index (χ1v) is 12.5. The predicted molar refractivity (Wildman–Crippen MR) is 136 cm³/mol. The molecule has 1 amide bonds. The lowest BCUT2D eigenvalue weighted by atomic mass is 10.0. The molecule has 0 aliphatic heterocycles. The molecule has 7 heteroatoms. The smallest absolute Gasteiger partial charge is 0.407 e. The third kappa shape index (κ3) is 9.51. The minimum Gasteiger partial charge on any atom is -0.497 e. The van der Waals surface area contributed by atoms with Crippen molar-refractivity contribution in [2.75, 3.05) is 13.7 Å². The second-order valence-electron chi connectivity index (χ2n) is 10.2. The SMILES string of the molecule is COc1ccc(CN(CC(O)[C@H](Cc2ccccc2)NC(=O)OC(C)(C)C)OC2CCCC2)cc1. The molecular formula is C28H40N2O5. The fourth-order valence-electron chi connectivity index (χ4n) is 4.23. The van der Waals surface area contributed by atoms with Crippen molar-refractivity contribution in [2.45, 2.75) is 83.3 Å². The van der Waals surface area contributed by atoms with Gasteiger partial charge in [0.25, 0.3) is 0 Å². The lowest BCUT2D eigenvalue weighted by Crippen LogP contribution is -2.50. The minimum atomic E-state index is -0.873. The number of hydrogen-bond donors (Lipinski definition) is 2. The van der Waals surface area contributed by atoms with Gasteiger partial charge in [0.15, 0.2) is 0 Å². The molecule has 1 saturated carbocycles. The maximum Gasteiger partial charge on any atom is 0.407 e. The van der Waals surface area contributed by atoms with E-state index in [2.05, 4.69) is 5.32 Å². The molecule has 0 heterocycles. The Hall–Kier alpha value is -2.61. The highest BCUT2D eigenvalue weighted by Gasteiger charge is 2.28. The molecule has 0 saturated heterocycles. The molecule has 0 spiro atoms. The highest BCUT2D eigenvalue weighted by atomic mass is 16.7. The zero-order valence-electron chi connectivity index (χ0n) is 21.4. The molecule has 0 bridgehead atoms. The average molecular weight is 485 g/mol. The number of benzene rings is 2. The number of aliphatic hydroxyl groups excluding tert-OH is 1. The zero-order valence-corrected chi connectivity index (χ0v) is 21.4. The summed E-state index contributed by atoms with van der Waals surface area (Å²) in [4.78, 5) is 18.9. The van der Waals surface area contributed by atoms with Crippen molar-refractivity contribution in [1.29, 1.82) is 0 Å². The number of hydrogen-bond acceptors (Lipinski definition) is 6. The van der Waals surface area contributed by atoms with E-state index in [4.69, 9.17) is 14.3 Å². The van der Waals surface area contributed by atoms with E-state index in [9.17, 15) is 9.90 Å². The van der Waals surface area contributed by atoms with E-state index in [0.29, 0.717) is 13.0 Å². The van der Waals surface area contributed by atoms with Crippen LogP contribution in [0.2, 0.25) is 0 Å². The van der Waals surface area contributed by atoms with Crippen molar-refractivity contribution in [2.24, 2.45) is 0 Å². The Morgan fingerprint density at radius 3 is 2.31 bits per heavy atom. The maximum absolute atomic E-state index is 12.6. The summed E-state index contributed by atoms with van der Waals surface area (Å²) in [6, 6.07) is 17.1. The Kier molecular flexibility index (Phi) is 9.95. The zero-order chi connectivity index (χ0) is 25.3. The first-order chi connectivity index (χ1) is 16.7. The van der Waals surface area contributed by atoms with Gasteiger partial charge in [-0.15, -0.1) is 0 Å². The predicted octanol–water partition coefficient (Wildman–Crippen LogP) is 4.87. The molecule has 1 unspecified atom stereocenters. The second-order valence-corrected chi connectivity index (χ2v) is 10.2. The van der Waals surface area contributed by atoms with E-state index in [1.54, 1.807) is 7.11 Å². The number of methoxy groups -OCH3 is 1. The largest absolute Gasteiger partial charge is 0.497 e. The number of amides is 1. The summed E-state index contributed by atoms with van der Waals surface area (Å²) in [6.45, 7) is 6.22. The number of ether oxygens (including phenoxy) is 2. The van der Waals surface area contributed by atoms with Gasteiger partial charge in [0.2, 0.25) is 0 Å². The lowest BCUT2D eigenvalue weighted by Gasteiger charge is -2.32. The lowest BCUT2D eigenvalue weighted by molar-refractivity contribution is -0.214. The number of carbonyl (C=O) groups is 1. The summed E-state index contributed by atoms with van der Waals surface area (Å²) in [7, 11) is 1.64. The highest BCUT2D eigenvalue weighted by Crippen LogP contribution is 2.24. The van der Waals surface area contributed by atoms with Gasteiger partial charge in [-0.05, 0) is 63.3 Å². The Balaban J connectivity index is 1.73. The molecule has 7 nitrogen and oxygen atoms in total. The van der Waals surface area contributed by atoms with Gasteiger partial charge in [0.1, 0.15) is 11.4 Å². The average Bonchev–Trinajstić information content (AvgIpc) is 3.31. The molecule has 0 radical (unpaired) electrons. The fourth-order valence-corrected chi connectivity index (χ4v) is 4.23. The standard InChI is InChI=1S/C28H40N2O5/c1-28(2,3)34-27(32)29-25(18-21-10-6-5-7-11-21)26(31)20-30(35-24-12-8-9-13-24)19-22-14-16-23(33-4)17-15-22/h5-7,10-11,14-17,24-26,31H,8-9,12-13,18-20H2,1-4H3,(H,29,32)/t25-,26?/m0/s1. The van der Waals surface area contributed by atoms with Crippen molar-refractivity contribution in [3.05, 3.63) is 65.7 Å². The van der Waals surface area contributed by atoms with Crippen molar-refractivity contribution in [3.63, 3.8) is 0 Å². The first-order valence-electron chi connectivity index (χ1n) is 12.5. The molecule has 0 aromatic heterocycles. The molecule has 3 rings (SSSR count). The molecule has 2 aromatic carbocycles. The van der Waals surface area contributed by atoms with Crippen LogP contribution in [0.5, 0.6) is 5.75 Å². The number of alkyl carbamates (subject to hydrolysis) is 1. The summed E-state index contributed by atoms with van der Waals surface area (Å²) in [5, 5.41) is 16.0. The van der Waals surface area contributed by atoms with E-state index in [-0.39, 0.29) is 12.6 Å². The molecular weight excluding hydrogens is 444 g/mol. The Bertz CT molecular complexity index is 892. The van der Waals surface area contributed by atoms with Crippen molar-refractivity contribution >= 4 is 6.09 Å². The van der Waals surface area contributed by atoms with Gasteiger partial charge in [0, 0.05) is 6.54 Å². The third-order valence-corrected chi connectivity index (χ3v) is 5.97. The molecule has 2 N–H and O–H groups in total. The van der Waals surface area contributed by atoms with Gasteiger partial charge in [0.05, 0.1) is 31.9 Å². The topological polar surface area (TPSA) is 80.3 Å². The van der Waals surface area contributed by atoms with Crippen molar-refractivity contribution in [3.8, 4) is 5.75 Å². The van der Waals surface area contributed by atoms with E-state index in [0.717, 1.165) is 42.6 Å². The van der Waals surface area contributed by atoms with Gasteiger partial charge in [-0.1, -0.05) is 55.3 Å². The summed E-state index contributed by atoms with van der Waals surface area (Å²) in [5.74, 6) is 0.793. The Morgan fingerprint density at radius 1 is 1.06 bits per heavy atom. The van der Waals surface area contributed by atoms with Crippen LogP contribution in [-0.4, -0.2) is 53.8 Å². The monoisotopic (exact) mass is 484 g/mol. The summed E-state index contributed by atoms with van der Waals surface area (Å²) in [6.07, 6.45) is 3.53. The molecule has 2 atom stereocenters. The second kappa shape index (κ2) is 12.9. The molecule has 192 valence electrons. The Labute approximate surface area is 209 Å². The third-order valence-electron chi connectivity index (χ3n) is 5.97. The molecule has 1 aliphatic rings. The van der Waals surface area contributed by atoms with Crippen LogP contribution < -0.4 is 10.1 Å². The number of nitrogens with one attached hydrogen (secondary N) is 1. The van der Waals surface area contributed by atoms with E-state index >= 15 is 0 Å².